The maximum absolute atomic E-state index is 11.3. The molecule has 0 fully saturated rings. The normalized spacial score (nSPS) is 10.5. The fourth-order valence-corrected chi connectivity index (χ4v) is 2.69. The van der Waals surface area contributed by atoms with Crippen molar-refractivity contribution in [3.8, 4) is 28.7 Å². The Labute approximate surface area is 163 Å². The first kappa shape index (κ1) is 19.4. The predicted molar refractivity (Wildman–Crippen MR) is 106 cm³/mol. The lowest BCUT2D eigenvalue weighted by Crippen LogP contribution is -2.12. The number of rotatable bonds is 7. The Hall–Kier alpha value is -3.41. The molecule has 0 amide bonds. The summed E-state index contributed by atoms with van der Waals surface area (Å²) in [4.78, 5) is 11.3. The number of aryl methyl sites for hydroxylation is 2. The van der Waals surface area contributed by atoms with Gasteiger partial charge in [-0.2, -0.15) is 0 Å². The van der Waals surface area contributed by atoms with Gasteiger partial charge in [0.25, 0.3) is 0 Å². The Morgan fingerprint density at radius 3 is 2.36 bits per heavy atom. The fraction of sp³-hybridized carbons (Fsp3) is 0.227. The van der Waals surface area contributed by atoms with E-state index in [2.05, 4.69) is 22.8 Å². The molecule has 0 aliphatic heterocycles. The van der Waals surface area contributed by atoms with Crippen LogP contribution in [0.15, 0.2) is 59.0 Å². The topological polar surface area (TPSA) is 74.5 Å². The molecule has 0 radical (unpaired) electrons. The second-order valence-corrected chi connectivity index (χ2v) is 6.58. The molecule has 2 aromatic carbocycles. The van der Waals surface area contributed by atoms with Crippen LogP contribution in [0, 0.1) is 13.8 Å². The zero-order valence-corrected chi connectivity index (χ0v) is 16.2. The highest BCUT2D eigenvalue weighted by molar-refractivity contribution is 5.86. The van der Waals surface area contributed by atoms with Crippen LogP contribution in [-0.4, -0.2) is 29.4 Å². The Kier molecular flexibility index (Phi) is 5.89. The standard InChI is InChI=1S/C22H22N2O4/c1-14(2)22(25)27-9-8-26-19-7-5-6-17(13-19)20-23-24-21(28-20)18-11-15(3)10-16(4)12-18/h5-7,10-13H,1,8-9H2,2-4H3. The van der Waals surface area contributed by atoms with E-state index in [1.165, 1.54) is 0 Å². The molecule has 6 heteroatoms. The van der Waals surface area contributed by atoms with Crippen LogP contribution >= 0.6 is 0 Å². The Balaban J connectivity index is 1.68. The molecule has 0 unspecified atom stereocenters. The van der Waals surface area contributed by atoms with Gasteiger partial charge in [-0.15, -0.1) is 10.2 Å². The number of carbonyl (C=O) groups is 1. The molecular formula is C22H22N2O4. The highest BCUT2D eigenvalue weighted by Gasteiger charge is 2.12. The summed E-state index contributed by atoms with van der Waals surface area (Å²) in [5.41, 5.74) is 4.27. The minimum absolute atomic E-state index is 0.146. The number of ether oxygens (including phenoxy) is 2. The van der Waals surface area contributed by atoms with Crippen molar-refractivity contribution in [1.29, 1.82) is 0 Å². The summed E-state index contributed by atoms with van der Waals surface area (Å²) >= 11 is 0. The van der Waals surface area contributed by atoms with E-state index in [1.54, 1.807) is 13.0 Å². The molecule has 0 aliphatic carbocycles. The second kappa shape index (κ2) is 8.52. The highest BCUT2D eigenvalue weighted by Crippen LogP contribution is 2.27. The number of benzene rings is 2. The molecule has 0 spiro atoms. The lowest BCUT2D eigenvalue weighted by molar-refractivity contribution is -0.139. The van der Waals surface area contributed by atoms with Gasteiger partial charge in [-0.05, 0) is 51.1 Å². The number of hydrogen-bond donors (Lipinski definition) is 0. The van der Waals surface area contributed by atoms with E-state index in [9.17, 15) is 4.79 Å². The van der Waals surface area contributed by atoms with E-state index >= 15 is 0 Å². The average Bonchev–Trinajstić information content (AvgIpc) is 3.15. The molecule has 3 aromatic rings. The minimum atomic E-state index is -0.429. The van der Waals surface area contributed by atoms with Crippen molar-refractivity contribution in [3.05, 3.63) is 65.7 Å². The van der Waals surface area contributed by atoms with Crippen molar-refractivity contribution >= 4 is 5.97 Å². The zero-order chi connectivity index (χ0) is 20.1. The van der Waals surface area contributed by atoms with Crippen LogP contribution in [-0.2, 0) is 9.53 Å². The SMILES string of the molecule is C=C(C)C(=O)OCCOc1cccc(-c2nnc(-c3cc(C)cc(C)c3)o2)c1. The summed E-state index contributed by atoms with van der Waals surface area (Å²) in [6.07, 6.45) is 0. The summed E-state index contributed by atoms with van der Waals surface area (Å²) in [6, 6.07) is 13.4. The third-order valence-corrected chi connectivity index (χ3v) is 3.91. The van der Waals surface area contributed by atoms with Crippen LogP contribution in [0.25, 0.3) is 22.9 Å². The first-order valence-corrected chi connectivity index (χ1v) is 8.90. The number of aromatic nitrogens is 2. The van der Waals surface area contributed by atoms with Gasteiger partial charge in [-0.1, -0.05) is 29.8 Å². The maximum Gasteiger partial charge on any atom is 0.333 e. The zero-order valence-electron chi connectivity index (χ0n) is 16.2. The van der Waals surface area contributed by atoms with Gasteiger partial charge in [0.2, 0.25) is 11.8 Å². The summed E-state index contributed by atoms with van der Waals surface area (Å²) in [5.74, 6) is 1.07. The summed E-state index contributed by atoms with van der Waals surface area (Å²) in [5, 5.41) is 8.31. The van der Waals surface area contributed by atoms with Crippen LogP contribution in [0.5, 0.6) is 5.75 Å². The Morgan fingerprint density at radius 1 is 1.00 bits per heavy atom. The lowest BCUT2D eigenvalue weighted by atomic mass is 10.1. The van der Waals surface area contributed by atoms with E-state index in [-0.39, 0.29) is 13.2 Å². The average molecular weight is 378 g/mol. The van der Waals surface area contributed by atoms with Crippen molar-refractivity contribution < 1.29 is 18.7 Å². The van der Waals surface area contributed by atoms with Crippen LogP contribution in [0.1, 0.15) is 18.1 Å². The lowest BCUT2D eigenvalue weighted by Gasteiger charge is -2.07. The minimum Gasteiger partial charge on any atom is -0.490 e. The first-order valence-electron chi connectivity index (χ1n) is 8.90. The van der Waals surface area contributed by atoms with Gasteiger partial charge in [0.15, 0.2) is 0 Å². The van der Waals surface area contributed by atoms with Crippen molar-refractivity contribution in [3.63, 3.8) is 0 Å². The molecule has 28 heavy (non-hydrogen) atoms. The third-order valence-electron chi connectivity index (χ3n) is 3.91. The molecule has 0 N–H and O–H groups in total. The molecule has 6 nitrogen and oxygen atoms in total. The first-order chi connectivity index (χ1) is 13.4. The number of carbonyl (C=O) groups excluding carboxylic acids is 1. The van der Waals surface area contributed by atoms with Gasteiger partial charge in [0.1, 0.15) is 19.0 Å². The number of nitrogens with zero attached hydrogens (tertiary/aromatic N) is 2. The summed E-state index contributed by atoms with van der Waals surface area (Å²) in [6.45, 7) is 9.57. The smallest absolute Gasteiger partial charge is 0.333 e. The van der Waals surface area contributed by atoms with Gasteiger partial charge in [-0.3, -0.25) is 0 Å². The molecule has 0 bridgehead atoms. The second-order valence-electron chi connectivity index (χ2n) is 6.58. The summed E-state index contributed by atoms with van der Waals surface area (Å²) in [7, 11) is 0. The van der Waals surface area contributed by atoms with E-state index in [0.29, 0.717) is 23.1 Å². The largest absolute Gasteiger partial charge is 0.490 e. The van der Waals surface area contributed by atoms with E-state index in [0.717, 1.165) is 22.3 Å². The maximum atomic E-state index is 11.3. The van der Waals surface area contributed by atoms with Crippen molar-refractivity contribution in [2.45, 2.75) is 20.8 Å². The van der Waals surface area contributed by atoms with Crippen LogP contribution in [0.2, 0.25) is 0 Å². The van der Waals surface area contributed by atoms with Gasteiger partial charge in [0.05, 0.1) is 0 Å². The van der Waals surface area contributed by atoms with Crippen LogP contribution in [0.4, 0.5) is 0 Å². The monoisotopic (exact) mass is 378 g/mol. The Morgan fingerprint density at radius 2 is 1.68 bits per heavy atom. The third kappa shape index (κ3) is 4.85. The molecule has 0 aliphatic rings. The van der Waals surface area contributed by atoms with Gasteiger partial charge < -0.3 is 13.9 Å². The molecule has 3 rings (SSSR count). The number of esters is 1. The fourth-order valence-electron chi connectivity index (χ4n) is 2.69. The van der Waals surface area contributed by atoms with Gasteiger partial charge in [-0.25, -0.2) is 4.79 Å². The predicted octanol–water partition coefficient (Wildman–Crippen LogP) is 4.52. The molecule has 1 heterocycles. The molecule has 144 valence electrons. The van der Waals surface area contributed by atoms with E-state index in [1.807, 2.05) is 44.2 Å². The number of hydrogen-bond acceptors (Lipinski definition) is 6. The van der Waals surface area contributed by atoms with Crippen molar-refractivity contribution in [2.75, 3.05) is 13.2 Å². The van der Waals surface area contributed by atoms with E-state index in [4.69, 9.17) is 13.9 Å². The molecule has 0 atom stereocenters. The van der Waals surface area contributed by atoms with Crippen molar-refractivity contribution in [1.82, 2.24) is 10.2 Å². The van der Waals surface area contributed by atoms with Crippen LogP contribution in [0.3, 0.4) is 0 Å². The highest BCUT2D eigenvalue weighted by atomic mass is 16.6. The molecule has 0 saturated carbocycles. The van der Waals surface area contributed by atoms with Gasteiger partial charge >= 0.3 is 5.97 Å². The molecule has 0 saturated heterocycles. The van der Waals surface area contributed by atoms with Gasteiger partial charge in [0, 0.05) is 16.7 Å². The van der Waals surface area contributed by atoms with E-state index < -0.39 is 5.97 Å². The Bertz CT molecular complexity index is 987. The van der Waals surface area contributed by atoms with Crippen molar-refractivity contribution in [2.24, 2.45) is 0 Å². The summed E-state index contributed by atoms with van der Waals surface area (Å²) < 4.78 is 16.5. The quantitative estimate of drug-likeness (QED) is 0.342. The van der Waals surface area contributed by atoms with Crippen LogP contribution < -0.4 is 4.74 Å². The molecular weight excluding hydrogens is 356 g/mol. The molecule has 1 aromatic heterocycles.